The van der Waals surface area contributed by atoms with Crippen LogP contribution in [0.3, 0.4) is 0 Å². The minimum absolute atomic E-state index is 0.00456. The highest BCUT2D eigenvalue weighted by Crippen LogP contribution is 2.34. The van der Waals surface area contributed by atoms with Gasteiger partial charge in [-0.1, -0.05) is 12.1 Å². The average molecular weight is 314 g/mol. The molecule has 0 radical (unpaired) electrons. The second-order valence-corrected chi connectivity index (χ2v) is 5.53. The number of aryl methyl sites for hydroxylation is 1. The molecule has 6 heteroatoms. The highest BCUT2D eigenvalue weighted by atomic mass is 16.7. The Labute approximate surface area is 133 Å². The number of hydrogen-bond acceptors (Lipinski definition) is 4. The maximum Gasteiger partial charge on any atom is 0.253 e. The zero-order valence-corrected chi connectivity index (χ0v) is 13.0. The minimum atomic E-state index is -0.220. The van der Waals surface area contributed by atoms with E-state index in [1.165, 1.54) is 4.57 Å². The molecule has 1 amide bonds. The van der Waals surface area contributed by atoms with Crippen molar-refractivity contribution in [1.82, 2.24) is 9.88 Å². The van der Waals surface area contributed by atoms with Crippen LogP contribution >= 0.6 is 0 Å². The normalized spacial score (nSPS) is 13.7. The quantitative estimate of drug-likeness (QED) is 0.933. The summed E-state index contributed by atoms with van der Waals surface area (Å²) in [5, 5.41) is 2.89. The predicted octanol–water partition coefficient (Wildman–Crippen LogP) is 1.76. The van der Waals surface area contributed by atoms with E-state index < -0.39 is 0 Å². The van der Waals surface area contributed by atoms with Crippen LogP contribution in [0, 0.1) is 6.92 Å². The van der Waals surface area contributed by atoms with Gasteiger partial charge in [-0.15, -0.1) is 0 Å². The SMILES string of the molecule is Cc1cccn(CC(=O)NC(C)c2ccc3c(c2)OCO3)c1=O. The number of carbonyl (C=O) groups excluding carboxylic acids is 1. The van der Waals surface area contributed by atoms with Crippen LogP contribution in [0.25, 0.3) is 0 Å². The first kappa shape index (κ1) is 15.1. The van der Waals surface area contributed by atoms with Crippen molar-refractivity contribution in [2.75, 3.05) is 6.79 Å². The van der Waals surface area contributed by atoms with Gasteiger partial charge in [0, 0.05) is 11.8 Å². The molecule has 1 aliphatic rings. The van der Waals surface area contributed by atoms with E-state index >= 15 is 0 Å². The third kappa shape index (κ3) is 3.21. The van der Waals surface area contributed by atoms with E-state index in [-0.39, 0.29) is 30.8 Å². The van der Waals surface area contributed by atoms with E-state index in [1.807, 2.05) is 25.1 Å². The molecule has 2 heterocycles. The zero-order valence-electron chi connectivity index (χ0n) is 13.0. The Kier molecular flexibility index (Phi) is 4.06. The topological polar surface area (TPSA) is 69.6 Å². The molecule has 1 N–H and O–H groups in total. The molecule has 0 spiro atoms. The number of hydrogen-bond donors (Lipinski definition) is 1. The minimum Gasteiger partial charge on any atom is -0.454 e. The Morgan fingerprint density at radius 3 is 2.91 bits per heavy atom. The van der Waals surface area contributed by atoms with E-state index in [9.17, 15) is 9.59 Å². The molecule has 6 nitrogen and oxygen atoms in total. The molecule has 1 aromatic heterocycles. The van der Waals surface area contributed by atoms with E-state index in [0.29, 0.717) is 17.1 Å². The highest BCUT2D eigenvalue weighted by molar-refractivity contribution is 5.76. The number of fused-ring (bicyclic) bond motifs is 1. The van der Waals surface area contributed by atoms with Gasteiger partial charge in [0.05, 0.1) is 6.04 Å². The number of amides is 1. The summed E-state index contributed by atoms with van der Waals surface area (Å²) in [6, 6.07) is 8.85. The Morgan fingerprint density at radius 1 is 1.30 bits per heavy atom. The molecule has 0 saturated carbocycles. The van der Waals surface area contributed by atoms with E-state index in [4.69, 9.17) is 9.47 Å². The number of nitrogens with one attached hydrogen (secondary N) is 1. The van der Waals surface area contributed by atoms with Gasteiger partial charge in [0.25, 0.3) is 5.56 Å². The van der Waals surface area contributed by atoms with Crippen LogP contribution in [0.1, 0.15) is 24.1 Å². The second-order valence-electron chi connectivity index (χ2n) is 5.53. The first-order valence-electron chi connectivity index (χ1n) is 7.39. The van der Waals surface area contributed by atoms with Crippen molar-refractivity contribution in [3.63, 3.8) is 0 Å². The number of nitrogens with zero attached hydrogens (tertiary/aromatic N) is 1. The van der Waals surface area contributed by atoms with Crippen molar-refractivity contribution >= 4 is 5.91 Å². The number of benzene rings is 1. The summed E-state index contributed by atoms with van der Waals surface area (Å²) in [4.78, 5) is 24.1. The molecule has 0 bridgehead atoms. The lowest BCUT2D eigenvalue weighted by Gasteiger charge is -2.15. The summed E-state index contributed by atoms with van der Waals surface area (Å²) >= 11 is 0. The van der Waals surface area contributed by atoms with Gasteiger partial charge in [0.15, 0.2) is 11.5 Å². The summed E-state index contributed by atoms with van der Waals surface area (Å²) in [6.45, 7) is 3.83. The van der Waals surface area contributed by atoms with Gasteiger partial charge in [-0.25, -0.2) is 0 Å². The average Bonchev–Trinajstić information content (AvgIpc) is 2.99. The highest BCUT2D eigenvalue weighted by Gasteiger charge is 2.17. The van der Waals surface area contributed by atoms with Crippen LogP contribution in [-0.2, 0) is 11.3 Å². The summed E-state index contributed by atoms with van der Waals surface area (Å²) in [6.07, 6.45) is 1.61. The Hall–Kier alpha value is -2.76. The molecule has 1 aromatic carbocycles. The molecule has 0 saturated heterocycles. The first-order chi connectivity index (χ1) is 11.0. The summed E-state index contributed by atoms with van der Waals surface area (Å²) in [5.74, 6) is 1.17. The van der Waals surface area contributed by atoms with Crippen molar-refractivity contribution in [2.45, 2.75) is 26.4 Å². The lowest BCUT2D eigenvalue weighted by Crippen LogP contribution is -2.34. The summed E-state index contributed by atoms with van der Waals surface area (Å²) < 4.78 is 12.0. The van der Waals surface area contributed by atoms with Crippen LogP contribution < -0.4 is 20.3 Å². The van der Waals surface area contributed by atoms with E-state index in [0.717, 1.165) is 5.56 Å². The van der Waals surface area contributed by atoms with Crippen molar-refractivity contribution < 1.29 is 14.3 Å². The largest absolute Gasteiger partial charge is 0.454 e. The standard InChI is InChI=1S/C17H18N2O4/c1-11-4-3-7-19(17(11)21)9-16(20)18-12(2)13-5-6-14-15(8-13)23-10-22-14/h3-8,12H,9-10H2,1-2H3,(H,18,20). The monoisotopic (exact) mass is 314 g/mol. The van der Waals surface area contributed by atoms with Gasteiger partial charge >= 0.3 is 0 Å². The number of pyridine rings is 1. The molecule has 3 rings (SSSR count). The number of aromatic nitrogens is 1. The third-order valence-corrected chi connectivity index (χ3v) is 3.80. The van der Waals surface area contributed by atoms with Gasteiger partial charge in [0.1, 0.15) is 6.54 Å². The number of rotatable bonds is 4. The molecule has 1 atom stereocenters. The molecule has 120 valence electrons. The molecule has 0 fully saturated rings. The lowest BCUT2D eigenvalue weighted by atomic mass is 10.1. The zero-order chi connectivity index (χ0) is 16.4. The Morgan fingerprint density at radius 2 is 2.09 bits per heavy atom. The summed E-state index contributed by atoms with van der Waals surface area (Å²) in [5.41, 5.74) is 1.38. The second kappa shape index (κ2) is 6.16. The van der Waals surface area contributed by atoms with E-state index in [2.05, 4.69) is 5.32 Å². The van der Waals surface area contributed by atoms with Gasteiger partial charge in [-0.05, 0) is 37.6 Å². The number of ether oxygens (including phenoxy) is 2. The van der Waals surface area contributed by atoms with E-state index in [1.54, 1.807) is 25.3 Å². The molecule has 23 heavy (non-hydrogen) atoms. The number of carbonyl (C=O) groups is 1. The maximum atomic E-state index is 12.2. The van der Waals surface area contributed by atoms with Crippen LogP contribution in [0.15, 0.2) is 41.3 Å². The van der Waals surface area contributed by atoms with Crippen LogP contribution in [-0.4, -0.2) is 17.3 Å². The fraction of sp³-hybridized carbons (Fsp3) is 0.294. The lowest BCUT2D eigenvalue weighted by molar-refractivity contribution is -0.122. The summed E-state index contributed by atoms with van der Waals surface area (Å²) in [7, 11) is 0. The Bertz CT molecular complexity index is 797. The molecular weight excluding hydrogens is 296 g/mol. The maximum absolute atomic E-state index is 12.2. The molecule has 0 aliphatic carbocycles. The van der Waals surface area contributed by atoms with Crippen LogP contribution in [0.2, 0.25) is 0 Å². The first-order valence-corrected chi connectivity index (χ1v) is 7.39. The molecular formula is C17H18N2O4. The van der Waals surface area contributed by atoms with Crippen molar-refractivity contribution in [3.05, 3.63) is 58.0 Å². The van der Waals surface area contributed by atoms with Crippen LogP contribution in [0.4, 0.5) is 0 Å². The predicted molar refractivity (Wildman–Crippen MR) is 84.6 cm³/mol. The molecule has 1 aliphatic heterocycles. The van der Waals surface area contributed by atoms with Crippen LogP contribution in [0.5, 0.6) is 11.5 Å². The van der Waals surface area contributed by atoms with Crippen molar-refractivity contribution in [3.8, 4) is 11.5 Å². The van der Waals surface area contributed by atoms with Gasteiger partial charge in [-0.3, -0.25) is 9.59 Å². The van der Waals surface area contributed by atoms with Gasteiger partial charge < -0.3 is 19.4 Å². The molecule has 2 aromatic rings. The fourth-order valence-electron chi connectivity index (χ4n) is 2.49. The smallest absolute Gasteiger partial charge is 0.253 e. The fourth-order valence-corrected chi connectivity index (χ4v) is 2.49. The third-order valence-electron chi connectivity index (χ3n) is 3.80. The van der Waals surface area contributed by atoms with Gasteiger partial charge in [-0.2, -0.15) is 0 Å². The van der Waals surface area contributed by atoms with Crippen molar-refractivity contribution in [2.24, 2.45) is 0 Å². The Balaban J connectivity index is 1.68. The van der Waals surface area contributed by atoms with Gasteiger partial charge in [0.2, 0.25) is 12.7 Å². The molecule has 1 unspecified atom stereocenters. The van der Waals surface area contributed by atoms with Crippen molar-refractivity contribution in [1.29, 1.82) is 0 Å².